The molecule has 1 N–H and O–H groups in total. The van der Waals surface area contributed by atoms with E-state index < -0.39 is 15.8 Å². The predicted octanol–water partition coefficient (Wildman–Crippen LogP) is 1.59. The molecule has 1 aromatic rings. The van der Waals surface area contributed by atoms with Crippen molar-refractivity contribution in [3.05, 3.63) is 23.8 Å². The summed E-state index contributed by atoms with van der Waals surface area (Å²) in [5.74, 6) is -1.27. The average molecular weight is 302 g/mol. The SMILES string of the molecule is CCCOCCS(=O)(=O)c1cc(C(=O)O)ccc1OC. The third-order valence-corrected chi connectivity index (χ3v) is 4.28. The maximum atomic E-state index is 12.2. The van der Waals surface area contributed by atoms with Gasteiger partial charge in [0.2, 0.25) is 0 Å². The Hall–Kier alpha value is -1.60. The summed E-state index contributed by atoms with van der Waals surface area (Å²) in [5, 5.41) is 8.92. The number of rotatable bonds is 8. The molecule has 0 aromatic heterocycles. The Morgan fingerprint density at radius 2 is 2.00 bits per heavy atom. The van der Waals surface area contributed by atoms with Gasteiger partial charge in [0.25, 0.3) is 0 Å². The Morgan fingerprint density at radius 3 is 2.55 bits per heavy atom. The van der Waals surface area contributed by atoms with E-state index in [0.717, 1.165) is 12.5 Å². The molecule has 0 fully saturated rings. The van der Waals surface area contributed by atoms with Crippen LogP contribution in [0.4, 0.5) is 0 Å². The largest absolute Gasteiger partial charge is 0.495 e. The normalized spacial score (nSPS) is 11.3. The van der Waals surface area contributed by atoms with Crippen molar-refractivity contribution < 1.29 is 27.8 Å². The first-order valence-electron chi connectivity index (χ1n) is 6.14. The standard InChI is InChI=1S/C13H18O6S/c1-3-6-19-7-8-20(16,17)12-9-10(13(14)15)4-5-11(12)18-2/h4-5,9H,3,6-8H2,1-2H3,(H,14,15). The molecule has 0 saturated heterocycles. The van der Waals surface area contributed by atoms with Crippen LogP contribution in [0.15, 0.2) is 23.1 Å². The molecule has 0 amide bonds. The second kappa shape index (κ2) is 7.25. The van der Waals surface area contributed by atoms with Gasteiger partial charge in [-0.25, -0.2) is 13.2 Å². The zero-order valence-corrected chi connectivity index (χ0v) is 12.3. The summed E-state index contributed by atoms with van der Waals surface area (Å²) in [4.78, 5) is 10.8. The number of carbonyl (C=O) groups is 1. The van der Waals surface area contributed by atoms with E-state index in [4.69, 9.17) is 14.6 Å². The monoisotopic (exact) mass is 302 g/mol. The van der Waals surface area contributed by atoms with Crippen LogP contribution in [0, 0.1) is 0 Å². The maximum Gasteiger partial charge on any atom is 0.335 e. The van der Waals surface area contributed by atoms with Crippen LogP contribution in [0.5, 0.6) is 5.75 Å². The minimum Gasteiger partial charge on any atom is -0.495 e. The van der Waals surface area contributed by atoms with E-state index in [-0.39, 0.29) is 28.6 Å². The molecule has 0 spiro atoms. The summed E-state index contributed by atoms with van der Waals surface area (Å²) in [6.45, 7) is 2.48. The summed E-state index contributed by atoms with van der Waals surface area (Å²) in [6, 6.07) is 3.74. The van der Waals surface area contributed by atoms with E-state index in [0.29, 0.717) is 6.61 Å². The number of aromatic carboxylic acids is 1. The van der Waals surface area contributed by atoms with Crippen LogP contribution in [0.25, 0.3) is 0 Å². The molecule has 6 nitrogen and oxygen atoms in total. The minimum atomic E-state index is -3.65. The third-order valence-electron chi connectivity index (χ3n) is 2.59. The highest BCUT2D eigenvalue weighted by atomic mass is 32.2. The fourth-order valence-electron chi connectivity index (χ4n) is 1.58. The number of hydrogen-bond donors (Lipinski definition) is 1. The molecule has 7 heteroatoms. The van der Waals surface area contributed by atoms with Gasteiger partial charge in [-0.2, -0.15) is 0 Å². The van der Waals surface area contributed by atoms with E-state index in [1.807, 2.05) is 6.92 Å². The maximum absolute atomic E-state index is 12.2. The van der Waals surface area contributed by atoms with E-state index in [1.54, 1.807) is 0 Å². The molecule has 0 aliphatic carbocycles. The number of sulfone groups is 1. The lowest BCUT2D eigenvalue weighted by molar-refractivity contribution is 0.0696. The van der Waals surface area contributed by atoms with Crippen LogP contribution in [-0.4, -0.2) is 45.6 Å². The third kappa shape index (κ3) is 4.21. The molecular formula is C13H18O6S. The Bertz CT molecular complexity index is 564. The highest BCUT2D eigenvalue weighted by molar-refractivity contribution is 7.91. The lowest BCUT2D eigenvalue weighted by atomic mass is 10.2. The van der Waals surface area contributed by atoms with Crippen molar-refractivity contribution in [2.75, 3.05) is 26.1 Å². The molecule has 1 rings (SSSR count). The minimum absolute atomic E-state index is 0.0661. The predicted molar refractivity (Wildman–Crippen MR) is 73.1 cm³/mol. The van der Waals surface area contributed by atoms with Gasteiger partial charge in [0.05, 0.1) is 25.0 Å². The Morgan fingerprint density at radius 1 is 1.30 bits per heavy atom. The van der Waals surface area contributed by atoms with E-state index >= 15 is 0 Å². The van der Waals surface area contributed by atoms with Crippen LogP contribution in [0.2, 0.25) is 0 Å². The molecule has 20 heavy (non-hydrogen) atoms. The van der Waals surface area contributed by atoms with Crippen molar-refractivity contribution in [3.8, 4) is 5.75 Å². The van der Waals surface area contributed by atoms with E-state index in [2.05, 4.69) is 0 Å². The highest BCUT2D eigenvalue weighted by Gasteiger charge is 2.21. The van der Waals surface area contributed by atoms with Crippen molar-refractivity contribution in [3.63, 3.8) is 0 Å². The van der Waals surface area contributed by atoms with E-state index in [1.165, 1.54) is 19.2 Å². The number of methoxy groups -OCH3 is 1. The molecule has 0 aliphatic rings. The topological polar surface area (TPSA) is 89.9 Å². The van der Waals surface area contributed by atoms with Gasteiger partial charge in [0.1, 0.15) is 10.6 Å². The van der Waals surface area contributed by atoms with Crippen molar-refractivity contribution in [2.45, 2.75) is 18.2 Å². The summed E-state index contributed by atoms with van der Waals surface area (Å²) >= 11 is 0. The summed E-state index contributed by atoms with van der Waals surface area (Å²) < 4.78 is 34.5. The molecule has 0 radical (unpaired) electrons. The van der Waals surface area contributed by atoms with Crippen molar-refractivity contribution in [2.24, 2.45) is 0 Å². The Labute approximate surface area is 118 Å². The smallest absolute Gasteiger partial charge is 0.335 e. The molecule has 0 saturated carbocycles. The number of benzene rings is 1. The quantitative estimate of drug-likeness (QED) is 0.733. The van der Waals surface area contributed by atoms with Crippen LogP contribution < -0.4 is 4.74 Å². The van der Waals surface area contributed by atoms with Gasteiger partial charge >= 0.3 is 5.97 Å². The average Bonchev–Trinajstić information content (AvgIpc) is 2.42. The fourth-order valence-corrected chi connectivity index (χ4v) is 2.90. The molecule has 0 aliphatic heterocycles. The van der Waals surface area contributed by atoms with Gasteiger partial charge < -0.3 is 14.6 Å². The fraction of sp³-hybridized carbons (Fsp3) is 0.462. The first-order chi connectivity index (χ1) is 9.42. The molecule has 0 bridgehead atoms. The lowest BCUT2D eigenvalue weighted by Crippen LogP contribution is -2.14. The second-order valence-corrected chi connectivity index (χ2v) is 6.18. The van der Waals surface area contributed by atoms with Crippen LogP contribution in [0.3, 0.4) is 0 Å². The van der Waals surface area contributed by atoms with Gasteiger partial charge in [0.15, 0.2) is 9.84 Å². The molecule has 0 atom stereocenters. The van der Waals surface area contributed by atoms with Gasteiger partial charge in [-0.15, -0.1) is 0 Å². The van der Waals surface area contributed by atoms with Crippen LogP contribution in [-0.2, 0) is 14.6 Å². The molecule has 0 heterocycles. The van der Waals surface area contributed by atoms with Crippen LogP contribution >= 0.6 is 0 Å². The number of carboxylic acids is 1. The van der Waals surface area contributed by atoms with Crippen LogP contribution in [0.1, 0.15) is 23.7 Å². The first-order valence-corrected chi connectivity index (χ1v) is 7.79. The molecule has 0 unspecified atom stereocenters. The summed E-state index contributed by atoms with van der Waals surface area (Å²) in [7, 11) is -2.32. The van der Waals surface area contributed by atoms with Crippen molar-refractivity contribution >= 4 is 15.8 Å². The number of hydrogen-bond acceptors (Lipinski definition) is 5. The number of ether oxygens (including phenoxy) is 2. The zero-order chi connectivity index (χ0) is 15.2. The highest BCUT2D eigenvalue weighted by Crippen LogP contribution is 2.26. The van der Waals surface area contributed by atoms with Gasteiger partial charge in [-0.1, -0.05) is 6.92 Å². The summed E-state index contributed by atoms with van der Waals surface area (Å²) in [6.07, 6.45) is 0.803. The molecule has 112 valence electrons. The first kappa shape index (κ1) is 16.5. The number of carboxylic acid groups (broad SMARTS) is 1. The van der Waals surface area contributed by atoms with Gasteiger partial charge in [-0.05, 0) is 24.6 Å². The molecule has 1 aromatic carbocycles. The van der Waals surface area contributed by atoms with Crippen molar-refractivity contribution in [1.29, 1.82) is 0 Å². The second-order valence-electron chi connectivity index (χ2n) is 4.10. The Balaban J connectivity index is 3.02. The van der Waals surface area contributed by atoms with Gasteiger partial charge in [0, 0.05) is 6.61 Å². The lowest BCUT2D eigenvalue weighted by Gasteiger charge is -2.10. The van der Waals surface area contributed by atoms with Gasteiger partial charge in [-0.3, -0.25) is 0 Å². The zero-order valence-electron chi connectivity index (χ0n) is 11.5. The summed E-state index contributed by atoms with van der Waals surface area (Å²) in [5.41, 5.74) is -0.0983. The van der Waals surface area contributed by atoms with E-state index in [9.17, 15) is 13.2 Å². The van der Waals surface area contributed by atoms with Crippen molar-refractivity contribution in [1.82, 2.24) is 0 Å². The molecular weight excluding hydrogens is 284 g/mol. The Kier molecular flexibility index (Phi) is 5.97.